The number of hydrogen-bond donors (Lipinski definition) is 1. The number of sulfonamides is 1. The fourth-order valence-electron chi connectivity index (χ4n) is 3.47. The van der Waals surface area contributed by atoms with Crippen molar-refractivity contribution in [1.29, 1.82) is 0 Å². The zero-order chi connectivity index (χ0) is 22.1. The van der Waals surface area contributed by atoms with Crippen LogP contribution in [0.4, 0.5) is 5.69 Å². The highest BCUT2D eigenvalue weighted by atomic mass is 32.2. The van der Waals surface area contributed by atoms with Gasteiger partial charge in [-0.1, -0.05) is 53.8 Å². The third-order valence-electron chi connectivity index (χ3n) is 5.16. The van der Waals surface area contributed by atoms with Gasteiger partial charge >= 0.3 is 0 Å². The summed E-state index contributed by atoms with van der Waals surface area (Å²) in [5.74, 6) is 0. The van der Waals surface area contributed by atoms with E-state index >= 15 is 0 Å². The van der Waals surface area contributed by atoms with Crippen molar-refractivity contribution in [2.24, 2.45) is 0 Å². The van der Waals surface area contributed by atoms with E-state index in [2.05, 4.69) is 14.7 Å². The molecule has 0 unspecified atom stereocenters. The minimum Gasteiger partial charge on any atom is -0.279 e. The summed E-state index contributed by atoms with van der Waals surface area (Å²) >= 11 is 1.51. The molecule has 2 aromatic heterocycles. The lowest BCUT2D eigenvalue weighted by Crippen LogP contribution is -2.13. The first-order valence-electron chi connectivity index (χ1n) is 10.0. The Hall–Kier alpha value is -3.55. The van der Waals surface area contributed by atoms with E-state index in [9.17, 15) is 8.42 Å². The molecular formula is C25H19N3O2S2. The second kappa shape index (κ2) is 8.18. The maximum atomic E-state index is 12.9. The molecule has 0 saturated carbocycles. The number of anilines is 1. The molecule has 0 amide bonds. The normalized spacial score (nSPS) is 11.5. The van der Waals surface area contributed by atoms with Gasteiger partial charge in [-0.05, 0) is 66.1 Å². The molecule has 0 fully saturated rings. The van der Waals surface area contributed by atoms with Gasteiger partial charge in [-0.2, -0.15) is 0 Å². The number of nitrogens with zero attached hydrogens (tertiary/aromatic N) is 2. The van der Waals surface area contributed by atoms with Gasteiger partial charge in [-0.15, -0.1) is 0 Å². The summed E-state index contributed by atoms with van der Waals surface area (Å²) in [6.07, 6.45) is 1.75. The fraction of sp³-hybridized carbons (Fsp3) is 0.0400. The van der Waals surface area contributed by atoms with Gasteiger partial charge in [0.15, 0.2) is 0 Å². The highest BCUT2D eigenvalue weighted by Crippen LogP contribution is 2.31. The Labute approximate surface area is 190 Å². The molecule has 0 aliphatic heterocycles. The second-order valence-electron chi connectivity index (χ2n) is 7.37. The third-order valence-corrected chi connectivity index (χ3v) is 7.57. The molecule has 0 saturated heterocycles. The van der Waals surface area contributed by atoms with Crippen LogP contribution in [0.3, 0.4) is 0 Å². The maximum Gasteiger partial charge on any atom is 0.261 e. The van der Waals surface area contributed by atoms with E-state index in [-0.39, 0.29) is 4.90 Å². The Bertz CT molecular complexity index is 1480. The van der Waals surface area contributed by atoms with Crippen LogP contribution in [-0.2, 0) is 10.0 Å². The van der Waals surface area contributed by atoms with E-state index in [1.54, 1.807) is 24.4 Å². The van der Waals surface area contributed by atoms with Crippen LogP contribution >= 0.6 is 11.3 Å². The number of aryl methyl sites for hydroxylation is 1. The number of hydrogen-bond acceptors (Lipinski definition) is 5. The van der Waals surface area contributed by atoms with Gasteiger partial charge in [0.05, 0.1) is 10.6 Å². The monoisotopic (exact) mass is 457 g/mol. The fourth-order valence-corrected chi connectivity index (χ4v) is 5.50. The molecule has 1 N–H and O–H groups in total. The highest BCUT2D eigenvalue weighted by molar-refractivity contribution is 7.92. The number of aromatic nitrogens is 2. The molecule has 0 bridgehead atoms. The predicted molar refractivity (Wildman–Crippen MR) is 130 cm³/mol. The SMILES string of the molecule is Cc1cc(-c2nc3cccnc3s2)ccc1NS(=O)(=O)c1ccc(-c2ccccc2)cc1. The van der Waals surface area contributed by atoms with Crippen molar-refractivity contribution in [1.82, 2.24) is 9.97 Å². The first-order chi connectivity index (χ1) is 15.5. The molecule has 3 aromatic carbocycles. The smallest absolute Gasteiger partial charge is 0.261 e. The molecule has 7 heteroatoms. The van der Waals surface area contributed by atoms with Crippen molar-refractivity contribution in [2.45, 2.75) is 11.8 Å². The predicted octanol–water partition coefficient (Wildman–Crippen LogP) is 6.13. The Balaban J connectivity index is 1.39. The summed E-state index contributed by atoms with van der Waals surface area (Å²) in [5, 5.41) is 0.854. The Morgan fingerprint density at radius 2 is 1.53 bits per heavy atom. The maximum absolute atomic E-state index is 12.9. The first kappa shape index (κ1) is 20.4. The van der Waals surface area contributed by atoms with Gasteiger partial charge in [-0.25, -0.2) is 18.4 Å². The molecule has 0 atom stereocenters. The lowest BCUT2D eigenvalue weighted by molar-refractivity contribution is 0.601. The molecular weight excluding hydrogens is 438 g/mol. The number of rotatable bonds is 5. The van der Waals surface area contributed by atoms with E-state index in [4.69, 9.17) is 0 Å². The van der Waals surface area contributed by atoms with Crippen LogP contribution in [0.25, 0.3) is 32.0 Å². The minimum atomic E-state index is -3.71. The van der Waals surface area contributed by atoms with E-state index in [1.165, 1.54) is 11.3 Å². The van der Waals surface area contributed by atoms with Crippen molar-refractivity contribution >= 4 is 37.4 Å². The first-order valence-corrected chi connectivity index (χ1v) is 12.3. The van der Waals surface area contributed by atoms with Crippen LogP contribution in [0.15, 0.2) is 96.0 Å². The topological polar surface area (TPSA) is 72.0 Å². The van der Waals surface area contributed by atoms with Crippen LogP contribution < -0.4 is 4.72 Å². The van der Waals surface area contributed by atoms with Crippen LogP contribution in [-0.4, -0.2) is 18.4 Å². The molecule has 0 aliphatic carbocycles. The van der Waals surface area contributed by atoms with E-state index in [0.29, 0.717) is 5.69 Å². The van der Waals surface area contributed by atoms with Crippen molar-refractivity contribution in [3.63, 3.8) is 0 Å². The van der Waals surface area contributed by atoms with Gasteiger partial charge in [0, 0.05) is 11.8 Å². The van der Waals surface area contributed by atoms with Crippen LogP contribution in [0, 0.1) is 6.92 Å². The molecule has 5 rings (SSSR count). The summed E-state index contributed by atoms with van der Waals surface area (Å²) in [7, 11) is -3.71. The van der Waals surface area contributed by atoms with Gasteiger partial charge in [0.1, 0.15) is 15.4 Å². The van der Waals surface area contributed by atoms with Crippen LogP contribution in [0.5, 0.6) is 0 Å². The number of fused-ring (bicyclic) bond motifs is 1. The van der Waals surface area contributed by atoms with Crippen LogP contribution in [0.1, 0.15) is 5.56 Å². The summed E-state index contributed by atoms with van der Waals surface area (Å²) in [4.78, 5) is 10.1. The summed E-state index contributed by atoms with van der Waals surface area (Å²) in [6, 6.07) is 26.1. The molecule has 5 nitrogen and oxygen atoms in total. The van der Waals surface area contributed by atoms with E-state index in [0.717, 1.165) is 37.6 Å². The minimum absolute atomic E-state index is 0.220. The zero-order valence-corrected chi connectivity index (χ0v) is 18.8. The second-order valence-corrected chi connectivity index (χ2v) is 10.0. The lowest BCUT2D eigenvalue weighted by atomic mass is 10.1. The number of thiazole rings is 1. The van der Waals surface area contributed by atoms with E-state index in [1.807, 2.05) is 73.7 Å². The van der Waals surface area contributed by atoms with Crippen molar-refractivity contribution in [3.05, 3.63) is 96.7 Å². The summed E-state index contributed by atoms with van der Waals surface area (Å²) in [6.45, 7) is 1.88. The average molecular weight is 458 g/mol. The highest BCUT2D eigenvalue weighted by Gasteiger charge is 2.16. The molecule has 2 heterocycles. The number of pyridine rings is 1. The van der Waals surface area contributed by atoms with Gasteiger partial charge in [-0.3, -0.25) is 4.72 Å². The Morgan fingerprint density at radius 3 is 2.25 bits per heavy atom. The van der Waals surface area contributed by atoms with Gasteiger partial charge in [0.25, 0.3) is 10.0 Å². The lowest BCUT2D eigenvalue weighted by Gasteiger charge is -2.12. The largest absolute Gasteiger partial charge is 0.279 e. The average Bonchev–Trinajstić information content (AvgIpc) is 3.25. The van der Waals surface area contributed by atoms with Crippen molar-refractivity contribution < 1.29 is 8.42 Å². The van der Waals surface area contributed by atoms with Gasteiger partial charge < -0.3 is 0 Å². The van der Waals surface area contributed by atoms with Crippen molar-refractivity contribution in [2.75, 3.05) is 4.72 Å². The van der Waals surface area contributed by atoms with Crippen LogP contribution in [0.2, 0.25) is 0 Å². The number of nitrogens with one attached hydrogen (secondary N) is 1. The Morgan fingerprint density at radius 1 is 0.812 bits per heavy atom. The number of benzene rings is 3. The molecule has 0 spiro atoms. The summed E-state index contributed by atoms with van der Waals surface area (Å²) < 4.78 is 28.6. The quantitative estimate of drug-likeness (QED) is 0.344. The van der Waals surface area contributed by atoms with Crippen molar-refractivity contribution in [3.8, 4) is 21.7 Å². The summed E-state index contributed by atoms with van der Waals surface area (Å²) in [5.41, 5.74) is 5.16. The van der Waals surface area contributed by atoms with Gasteiger partial charge in [0.2, 0.25) is 0 Å². The zero-order valence-electron chi connectivity index (χ0n) is 17.2. The standard InChI is InChI=1S/C25H19N3O2S2/c1-17-16-20(24-27-23-8-5-15-26-25(23)31-24)11-14-22(17)28-32(29,30)21-12-9-19(10-13-21)18-6-3-2-4-7-18/h2-16,28H,1H3. The molecule has 0 aliphatic rings. The third kappa shape index (κ3) is 4.00. The van der Waals surface area contributed by atoms with E-state index < -0.39 is 10.0 Å². The Kier molecular flexibility index (Phi) is 5.20. The molecule has 5 aromatic rings. The molecule has 158 valence electrons. The molecule has 32 heavy (non-hydrogen) atoms. The molecule has 0 radical (unpaired) electrons.